The maximum atomic E-state index is 9.95. The molecule has 3 nitrogen and oxygen atoms in total. The third-order valence-electron chi connectivity index (χ3n) is 4.96. The lowest BCUT2D eigenvalue weighted by Crippen LogP contribution is -2.48. The van der Waals surface area contributed by atoms with Crippen molar-refractivity contribution in [1.29, 1.82) is 0 Å². The summed E-state index contributed by atoms with van der Waals surface area (Å²) < 4.78 is 0. The molecule has 1 fully saturated rings. The van der Waals surface area contributed by atoms with Crippen LogP contribution in [0.15, 0.2) is 30.3 Å². The highest BCUT2D eigenvalue weighted by molar-refractivity contribution is 5.24. The number of aliphatic hydroxyl groups excluding tert-OH is 1. The van der Waals surface area contributed by atoms with Gasteiger partial charge in [0.05, 0.1) is 12.1 Å². The number of likely N-dealkylation sites (tertiary alicyclic amines) is 1. The number of hydrogen-bond donors (Lipinski definition) is 2. The van der Waals surface area contributed by atoms with Crippen molar-refractivity contribution in [3.05, 3.63) is 35.9 Å². The van der Waals surface area contributed by atoms with Crippen molar-refractivity contribution >= 4 is 0 Å². The molecule has 1 unspecified atom stereocenters. The second kappa shape index (κ2) is 6.25. The third-order valence-corrected chi connectivity index (χ3v) is 4.96. The van der Waals surface area contributed by atoms with Gasteiger partial charge in [-0.05, 0) is 52.3 Å². The smallest absolute Gasteiger partial charge is 0.0678 e. The van der Waals surface area contributed by atoms with Crippen LogP contribution >= 0.6 is 0 Å². The first kappa shape index (κ1) is 15.5. The predicted molar refractivity (Wildman–Crippen MR) is 83.8 cm³/mol. The van der Waals surface area contributed by atoms with Crippen LogP contribution in [0, 0.1) is 0 Å². The molecule has 20 heavy (non-hydrogen) atoms. The second-order valence-electron chi connectivity index (χ2n) is 6.51. The summed E-state index contributed by atoms with van der Waals surface area (Å²) >= 11 is 0. The molecule has 0 aliphatic carbocycles. The van der Waals surface area contributed by atoms with Gasteiger partial charge in [0.1, 0.15) is 0 Å². The van der Waals surface area contributed by atoms with Crippen LogP contribution in [0.4, 0.5) is 0 Å². The molecule has 0 aromatic heterocycles. The molecule has 1 aliphatic rings. The minimum atomic E-state index is -0.333. The largest absolute Gasteiger partial charge is 0.394 e. The fourth-order valence-corrected chi connectivity index (χ4v) is 3.32. The first-order valence-corrected chi connectivity index (χ1v) is 7.64. The third kappa shape index (κ3) is 3.05. The normalized spacial score (nSPS) is 21.8. The summed E-state index contributed by atoms with van der Waals surface area (Å²) in [6.45, 7) is 6.96. The molecule has 1 aromatic carbocycles. The number of benzene rings is 1. The number of rotatable bonds is 6. The molecule has 0 saturated carbocycles. The molecule has 1 aromatic rings. The molecule has 0 amide bonds. The summed E-state index contributed by atoms with van der Waals surface area (Å²) in [4.78, 5) is 2.55. The monoisotopic (exact) mass is 276 g/mol. The molecule has 1 aliphatic heterocycles. The molecule has 3 heteroatoms. The molecule has 112 valence electrons. The lowest BCUT2D eigenvalue weighted by Gasteiger charge is -2.37. The van der Waals surface area contributed by atoms with E-state index in [1.54, 1.807) is 0 Å². The van der Waals surface area contributed by atoms with Crippen LogP contribution in [0.2, 0.25) is 0 Å². The van der Waals surface area contributed by atoms with E-state index in [9.17, 15) is 5.11 Å². The molecule has 0 bridgehead atoms. The second-order valence-corrected chi connectivity index (χ2v) is 6.51. The van der Waals surface area contributed by atoms with Crippen molar-refractivity contribution in [3.8, 4) is 0 Å². The van der Waals surface area contributed by atoms with Crippen LogP contribution in [0.1, 0.15) is 38.7 Å². The number of nitrogens with zero attached hydrogens (tertiary/aromatic N) is 1. The Bertz CT molecular complexity index is 412. The van der Waals surface area contributed by atoms with Crippen LogP contribution < -0.4 is 5.32 Å². The molecule has 1 atom stereocenters. The van der Waals surface area contributed by atoms with Gasteiger partial charge in [-0.15, -0.1) is 0 Å². The Balaban J connectivity index is 2.10. The van der Waals surface area contributed by atoms with E-state index < -0.39 is 0 Å². The maximum Gasteiger partial charge on any atom is 0.0678 e. The van der Waals surface area contributed by atoms with Gasteiger partial charge in [-0.3, -0.25) is 4.90 Å². The summed E-state index contributed by atoms with van der Waals surface area (Å²) in [6.07, 6.45) is 3.47. The molecule has 0 spiro atoms. The van der Waals surface area contributed by atoms with Crippen LogP contribution in [-0.2, 0) is 5.54 Å². The average Bonchev–Trinajstić information content (AvgIpc) is 2.81. The Morgan fingerprint density at radius 3 is 2.50 bits per heavy atom. The zero-order valence-electron chi connectivity index (χ0n) is 13.0. The topological polar surface area (TPSA) is 35.5 Å². The maximum absolute atomic E-state index is 9.95. The highest BCUT2D eigenvalue weighted by atomic mass is 16.3. The SMILES string of the molecule is CNC(CO)(CCN1CCCC1(C)C)c1ccccc1. The molecule has 2 rings (SSSR count). The summed E-state index contributed by atoms with van der Waals surface area (Å²) in [7, 11) is 1.94. The predicted octanol–water partition coefficient (Wildman–Crippen LogP) is 2.36. The minimum Gasteiger partial charge on any atom is -0.394 e. The fraction of sp³-hybridized carbons (Fsp3) is 0.647. The van der Waals surface area contributed by atoms with Gasteiger partial charge in [0, 0.05) is 12.1 Å². The highest BCUT2D eigenvalue weighted by Crippen LogP contribution is 2.31. The molecular formula is C17H28N2O. The van der Waals surface area contributed by atoms with Gasteiger partial charge in [-0.1, -0.05) is 30.3 Å². The Kier molecular flexibility index (Phi) is 4.84. The van der Waals surface area contributed by atoms with E-state index >= 15 is 0 Å². The van der Waals surface area contributed by atoms with E-state index in [0.29, 0.717) is 5.54 Å². The first-order valence-electron chi connectivity index (χ1n) is 7.64. The number of hydrogen-bond acceptors (Lipinski definition) is 3. The molecule has 1 heterocycles. The zero-order chi connectivity index (χ0) is 14.6. The summed E-state index contributed by atoms with van der Waals surface area (Å²) in [5.74, 6) is 0. The first-order chi connectivity index (χ1) is 9.54. The van der Waals surface area contributed by atoms with E-state index in [2.05, 4.69) is 36.2 Å². The van der Waals surface area contributed by atoms with E-state index in [0.717, 1.165) is 13.0 Å². The summed E-state index contributed by atoms with van der Waals surface area (Å²) in [5.41, 5.74) is 1.13. The van der Waals surface area contributed by atoms with Gasteiger partial charge in [0.25, 0.3) is 0 Å². The van der Waals surface area contributed by atoms with Crippen molar-refractivity contribution in [2.24, 2.45) is 0 Å². The summed E-state index contributed by atoms with van der Waals surface area (Å²) in [6, 6.07) is 10.3. The lowest BCUT2D eigenvalue weighted by molar-refractivity contribution is 0.114. The van der Waals surface area contributed by atoms with Gasteiger partial charge in [-0.2, -0.15) is 0 Å². The quantitative estimate of drug-likeness (QED) is 0.837. The Morgan fingerprint density at radius 2 is 2.00 bits per heavy atom. The van der Waals surface area contributed by atoms with Crippen molar-refractivity contribution in [2.75, 3.05) is 26.7 Å². The molecule has 0 radical (unpaired) electrons. The van der Waals surface area contributed by atoms with Gasteiger partial charge in [0.15, 0.2) is 0 Å². The fourth-order valence-electron chi connectivity index (χ4n) is 3.32. The Hall–Kier alpha value is -0.900. The van der Waals surface area contributed by atoms with Crippen LogP contribution in [-0.4, -0.2) is 42.3 Å². The van der Waals surface area contributed by atoms with E-state index in [4.69, 9.17) is 0 Å². The summed E-state index contributed by atoms with van der Waals surface area (Å²) in [5, 5.41) is 13.3. The molecular weight excluding hydrogens is 248 g/mol. The van der Waals surface area contributed by atoms with Gasteiger partial charge >= 0.3 is 0 Å². The zero-order valence-corrected chi connectivity index (χ0v) is 13.0. The number of nitrogens with one attached hydrogen (secondary N) is 1. The van der Waals surface area contributed by atoms with Gasteiger partial charge < -0.3 is 10.4 Å². The van der Waals surface area contributed by atoms with E-state index in [1.165, 1.54) is 24.9 Å². The van der Waals surface area contributed by atoms with Crippen LogP contribution in [0.5, 0.6) is 0 Å². The van der Waals surface area contributed by atoms with Crippen LogP contribution in [0.3, 0.4) is 0 Å². The average molecular weight is 276 g/mol. The van der Waals surface area contributed by atoms with Crippen molar-refractivity contribution < 1.29 is 5.11 Å². The van der Waals surface area contributed by atoms with Gasteiger partial charge in [0.2, 0.25) is 0 Å². The number of likely N-dealkylation sites (N-methyl/N-ethyl adjacent to an activating group) is 1. The van der Waals surface area contributed by atoms with Crippen molar-refractivity contribution in [2.45, 2.75) is 44.2 Å². The molecule has 2 N–H and O–H groups in total. The highest BCUT2D eigenvalue weighted by Gasteiger charge is 2.35. The minimum absolute atomic E-state index is 0.127. The van der Waals surface area contributed by atoms with E-state index in [1.807, 2.05) is 25.2 Å². The molecule has 1 saturated heterocycles. The lowest BCUT2D eigenvalue weighted by atomic mass is 9.87. The van der Waals surface area contributed by atoms with Gasteiger partial charge in [-0.25, -0.2) is 0 Å². The van der Waals surface area contributed by atoms with Crippen molar-refractivity contribution in [3.63, 3.8) is 0 Å². The van der Waals surface area contributed by atoms with Crippen LogP contribution in [0.25, 0.3) is 0 Å². The van der Waals surface area contributed by atoms with Crippen molar-refractivity contribution in [1.82, 2.24) is 10.2 Å². The van der Waals surface area contributed by atoms with E-state index in [-0.39, 0.29) is 12.1 Å². The Labute approximate surface area is 123 Å². The standard InChI is InChI=1S/C17H28N2O/c1-16(2)10-7-12-19(16)13-11-17(14-20,18-3)15-8-5-4-6-9-15/h4-6,8-9,18,20H,7,10-14H2,1-3H3. The Morgan fingerprint density at radius 1 is 1.30 bits per heavy atom. The number of aliphatic hydroxyl groups is 1.